The predicted molar refractivity (Wildman–Crippen MR) is 93.4 cm³/mol. The van der Waals surface area contributed by atoms with Crippen LogP contribution in [-0.4, -0.2) is 13.0 Å². The van der Waals surface area contributed by atoms with Crippen molar-refractivity contribution in [2.24, 2.45) is 0 Å². The van der Waals surface area contributed by atoms with Crippen molar-refractivity contribution in [3.63, 3.8) is 0 Å². The van der Waals surface area contributed by atoms with Gasteiger partial charge < -0.3 is 14.5 Å². The number of hydrogen-bond donors (Lipinski definition) is 1. The number of benzene rings is 2. The summed E-state index contributed by atoms with van der Waals surface area (Å²) >= 11 is 5.54. The molecule has 0 saturated heterocycles. The van der Waals surface area contributed by atoms with Crippen molar-refractivity contribution >= 4 is 34.2 Å². The van der Waals surface area contributed by atoms with Crippen molar-refractivity contribution in [1.82, 2.24) is 0 Å². The average molecular weight is 398 g/mol. The van der Waals surface area contributed by atoms with Crippen LogP contribution in [0, 0.1) is 0 Å². The Balaban J connectivity index is 1.97. The molecule has 1 amide bonds. The van der Waals surface area contributed by atoms with Crippen molar-refractivity contribution in [3.05, 3.63) is 69.0 Å². The lowest BCUT2D eigenvalue weighted by atomic mass is 10.1. The van der Waals surface area contributed by atoms with E-state index in [4.69, 9.17) is 20.8 Å². The molecule has 1 heterocycles. The standard InChI is InChI=1S/C18H11ClF3NO4/c1-26-11-3-5-15-9(6-11)7-12(17(25)27-15)16(24)23-10-2-4-14(19)13(8-10)18(20,21)22/h2-8H,1H3,(H,23,24). The third-order valence-electron chi connectivity index (χ3n) is 3.71. The molecule has 140 valence electrons. The minimum atomic E-state index is -4.68. The van der Waals surface area contributed by atoms with E-state index in [0.29, 0.717) is 17.2 Å². The Labute approximate surface area is 155 Å². The molecule has 1 N–H and O–H groups in total. The van der Waals surface area contributed by atoms with Crippen LogP contribution in [0.4, 0.5) is 18.9 Å². The SMILES string of the molecule is COc1ccc2oc(=O)c(C(=O)Nc3ccc(Cl)c(C(F)(F)F)c3)cc2c1. The van der Waals surface area contributed by atoms with Gasteiger partial charge in [0.15, 0.2) is 0 Å². The first kappa shape index (κ1) is 18.8. The molecule has 0 saturated carbocycles. The first-order valence-electron chi connectivity index (χ1n) is 7.49. The van der Waals surface area contributed by atoms with Gasteiger partial charge in [0.2, 0.25) is 0 Å². The fraction of sp³-hybridized carbons (Fsp3) is 0.111. The van der Waals surface area contributed by atoms with Crippen LogP contribution in [0.15, 0.2) is 51.7 Å². The number of amides is 1. The molecule has 3 aromatic rings. The molecule has 1 aromatic heterocycles. The Morgan fingerprint density at radius 2 is 1.89 bits per heavy atom. The zero-order valence-electron chi connectivity index (χ0n) is 13.7. The molecule has 0 fully saturated rings. The van der Waals surface area contributed by atoms with Crippen LogP contribution in [-0.2, 0) is 6.18 Å². The van der Waals surface area contributed by atoms with Gasteiger partial charge in [0.25, 0.3) is 5.91 Å². The summed E-state index contributed by atoms with van der Waals surface area (Å²) in [5.41, 5.74) is -2.31. The average Bonchev–Trinajstić information content (AvgIpc) is 2.61. The minimum Gasteiger partial charge on any atom is -0.497 e. The van der Waals surface area contributed by atoms with Gasteiger partial charge in [-0.15, -0.1) is 0 Å². The normalized spacial score (nSPS) is 11.4. The summed E-state index contributed by atoms with van der Waals surface area (Å²) in [5.74, 6) is -0.431. The molecule has 27 heavy (non-hydrogen) atoms. The number of hydrogen-bond acceptors (Lipinski definition) is 4. The number of methoxy groups -OCH3 is 1. The molecule has 2 aromatic carbocycles. The monoisotopic (exact) mass is 397 g/mol. The number of carbonyl (C=O) groups excluding carboxylic acids is 1. The first-order chi connectivity index (χ1) is 12.7. The highest BCUT2D eigenvalue weighted by molar-refractivity contribution is 6.31. The number of nitrogens with one attached hydrogen (secondary N) is 1. The molecule has 0 spiro atoms. The third-order valence-corrected chi connectivity index (χ3v) is 4.04. The largest absolute Gasteiger partial charge is 0.497 e. The van der Waals surface area contributed by atoms with Crippen LogP contribution in [0.25, 0.3) is 11.0 Å². The Morgan fingerprint density at radius 1 is 1.15 bits per heavy atom. The van der Waals surface area contributed by atoms with Crippen molar-refractivity contribution in [3.8, 4) is 5.75 Å². The van der Waals surface area contributed by atoms with E-state index in [1.165, 1.54) is 25.3 Å². The fourth-order valence-electron chi connectivity index (χ4n) is 2.41. The van der Waals surface area contributed by atoms with Gasteiger partial charge >= 0.3 is 11.8 Å². The zero-order chi connectivity index (χ0) is 19.8. The number of rotatable bonds is 3. The highest BCUT2D eigenvalue weighted by atomic mass is 35.5. The van der Waals surface area contributed by atoms with Crippen molar-refractivity contribution < 1.29 is 27.1 Å². The highest BCUT2D eigenvalue weighted by Crippen LogP contribution is 2.36. The maximum atomic E-state index is 12.9. The Morgan fingerprint density at radius 3 is 2.56 bits per heavy atom. The van der Waals surface area contributed by atoms with Gasteiger partial charge in [-0.1, -0.05) is 11.6 Å². The molecule has 0 aliphatic heterocycles. The van der Waals surface area contributed by atoms with E-state index in [1.807, 2.05) is 0 Å². The highest BCUT2D eigenvalue weighted by Gasteiger charge is 2.33. The number of ether oxygens (including phenoxy) is 1. The van der Waals surface area contributed by atoms with E-state index in [1.54, 1.807) is 12.1 Å². The molecule has 3 rings (SSSR count). The van der Waals surface area contributed by atoms with E-state index < -0.39 is 28.3 Å². The van der Waals surface area contributed by atoms with Gasteiger partial charge in [0.05, 0.1) is 17.7 Å². The summed E-state index contributed by atoms with van der Waals surface area (Å²) in [7, 11) is 1.45. The van der Waals surface area contributed by atoms with E-state index in [0.717, 1.165) is 6.07 Å². The summed E-state index contributed by atoms with van der Waals surface area (Å²) in [6, 6.07) is 8.81. The minimum absolute atomic E-state index is 0.165. The molecule has 0 bridgehead atoms. The number of alkyl halides is 3. The van der Waals surface area contributed by atoms with E-state index in [2.05, 4.69) is 5.32 Å². The van der Waals surface area contributed by atoms with Crippen LogP contribution in [0.3, 0.4) is 0 Å². The lowest BCUT2D eigenvalue weighted by Crippen LogP contribution is -2.21. The van der Waals surface area contributed by atoms with Crippen LogP contribution < -0.4 is 15.7 Å². The molecule has 0 aliphatic rings. The molecular formula is C18H11ClF3NO4. The summed E-state index contributed by atoms with van der Waals surface area (Å²) < 4.78 is 48.9. The van der Waals surface area contributed by atoms with Crippen LogP contribution in [0.2, 0.25) is 5.02 Å². The molecule has 5 nitrogen and oxygen atoms in total. The number of halogens is 4. The van der Waals surface area contributed by atoms with Crippen molar-refractivity contribution in [2.45, 2.75) is 6.18 Å². The quantitative estimate of drug-likeness (QED) is 0.649. The zero-order valence-corrected chi connectivity index (χ0v) is 14.4. The van der Waals surface area contributed by atoms with Gasteiger partial charge in [-0.05, 0) is 42.5 Å². The summed E-state index contributed by atoms with van der Waals surface area (Å²) in [5, 5.41) is 2.16. The second-order valence-electron chi connectivity index (χ2n) is 5.50. The molecule has 0 atom stereocenters. The van der Waals surface area contributed by atoms with Gasteiger partial charge in [-0.2, -0.15) is 13.2 Å². The van der Waals surface area contributed by atoms with Crippen molar-refractivity contribution in [2.75, 3.05) is 12.4 Å². The van der Waals surface area contributed by atoms with Crippen LogP contribution >= 0.6 is 11.6 Å². The number of anilines is 1. The van der Waals surface area contributed by atoms with E-state index in [-0.39, 0.29) is 16.8 Å². The smallest absolute Gasteiger partial charge is 0.417 e. The lowest BCUT2D eigenvalue weighted by Gasteiger charge is -2.11. The van der Waals surface area contributed by atoms with Gasteiger partial charge in [0.1, 0.15) is 16.9 Å². The molecule has 0 aliphatic carbocycles. The van der Waals surface area contributed by atoms with E-state index in [9.17, 15) is 22.8 Å². The first-order valence-corrected chi connectivity index (χ1v) is 7.87. The molecule has 9 heteroatoms. The van der Waals surface area contributed by atoms with Gasteiger partial charge in [0, 0.05) is 11.1 Å². The lowest BCUT2D eigenvalue weighted by molar-refractivity contribution is -0.137. The number of carbonyl (C=O) groups is 1. The van der Waals surface area contributed by atoms with Crippen LogP contribution in [0.1, 0.15) is 15.9 Å². The second kappa shape index (κ2) is 6.96. The van der Waals surface area contributed by atoms with Gasteiger partial charge in [-0.25, -0.2) is 4.79 Å². The molecular weight excluding hydrogens is 387 g/mol. The summed E-state index contributed by atoms with van der Waals surface area (Å²) in [6.07, 6.45) is -4.68. The maximum Gasteiger partial charge on any atom is 0.417 e. The Kier molecular flexibility index (Phi) is 4.84. The maximum absolute atomic E-state index is 12.9. The predicted octanol–water partition coefficient (Wildman–Crippen LogP) is 4.73. The summed E-state index contributed by atoms with van der Waals surface area (Å²) in [4.78, 5) is 24.4. The topological polar surface area (TPSA) is 68.5 Å². The third kappa shape index (κ3) is 3.90. The van der Waals surface area contributed by atoms with Gasteiger partial charge in [-0.3, -0.25) is 4.79 Å². The van der Waals surface area contributed by atoms with E-state index >= 15 is 0 Å². The number of fused-ring (bicyclic) bond motifs is 1. The molecule has 0 unspecified atom stereocenters. The fourth-order valence-corrected chi connectivity index (χ4v) is 2.63. The second-order valence-corrected chi connectivity index (χ2v) is 5.90. The van der Waals surface area contributed by atoms with Crippen molar-refractivity contribution in [1.29, 1.82) is 0 Å². The van der Waals surface area contributed by atoms with Crippen LogP contribution in [0.5, 0.6) is 5.75 Å². The summed E-state index contributed by atoms with van der Waals surface area (Å²) in [6.45, 7) is 0. The Hall–Kier alpha value is -3.00. The Bertz CT molecular complexity index is 1090. The molecule has 0 radical (unpaired) electrons.